The normalized spacial score (nSPS) is 30.3. The molecule has 3 heteroatoms. The lowest BCUT2D eigenvalue weighted by atomic mass is 10.2. The summed E-state index contributed by atoms with van der Waals surface area (Å²) >= 11 is 0. The van der Waals surface area contributed by atoms with Crippen LogP contribution in [-0.2, 0) is 4.74 Å². The van der Waals surface area contributed by atoms with E-state index in [-0.39, 0.29) is 6.10 Å². The third-order valence-corrected chi connectivity index (χ3v) is 1.85. The van der Waals surface area contributed by atoms with Gasteiger partial charge in [0.2, 0.25) is 0 Å². The Balaban J connectivity index is 2.23. The number of β-amino-alcohol motifs (C(OH)–C–C–N with tert-alkyl or cyclic N) is 1. The van der Waals surface area contributed by atoms with Crippen molar-refractivity contribution in [2.24, 2.45) is 0 Å². The number of hydrogen-bond donors (Lipinski definition) is 1. The van der Waals surface area contributed by atoms with Crippen molar-refractivity contribution in [3.05, 3.63) is 0 Å². The smallest absolute Gasteiger partial charge is 0.0674 e. The fourth-order valence-corrected chi connectivity index (χ4v) is 1.43. The maximum absolute atomic E-state index is 9.11. The molecule has 1 aliphatic rings. The molecule has 0 unspecified atom stereocenters. The third kappa shape index (κ3) is 3.18. The van der Waals surface area contributed by atoms with Gasteiger partial charge in [0.1, 0.15) is 0 Å². The summed E-state index contributed by atoms with van der Waals surface area (Å²) in [5.74, 6) is 0. The van der Waals surface area contributed by atoms with Crippen molar-refractivity contribution >= 4 is 0 Å². The molecule has 0 spiro atoms. The molecule has 0 aromatic rings. The third-order valence-electron chi connectivity index (χ3n) is 1.85. The van der Waals surface area contributed by atoms with E-state index in [9.17, 15) is 0 Å². The van der Waals surface area contributed by atoms with Crippen LogP contribution in [0.15, 0.2) is 0 Å². The molecule has 1 saturated heterocycles. The second kappa shape index (κ2) is 4.04. The minimum absolute atomic E-state index is 0.222. The van der Waals surface area contributed by atoms with Crippen LogP contribution in [0.5, 0.6) is 0 Å². The number of rotatable bonds is 2. The lowest BCUT2D eigenvalue weighted by Gasteiger charge is -2.31. The number of nitrogens with zero attached hydrogens (tertiary/aromatic N) is 1. The first-order chi connectivity index (χ1) is 5.18. The minimum atomic E-state index is -0.222. The fourth-order valence-electron chi connectivity index (χ4n) is 1.43. The molecule has 3 nitrogen and oxygen atoms in total. The lowest BCUT2D eigenvalue weighted by molar-refractivity contribution is -0.0296. The van der Waals surface area contributed by atoms with Crippen LogP contribution in [0.25, 0.3) is 0 Å². The Labute approximate surface area is 68.0 Å². The average Bonchev–Trinajstić information content (AvgIpc) is 1.85. The van der Waals surface area contributed by atoms with Crippen LogP contribution in [0.4, 0.5) is 0 Å². The van der Waals surface area contributed by atoms with Crippen molar-refractivity contribution in [1.82, 2.24) is 4.90 Å². The first-order valence-corrected chi connectivity index (χ1v) is 4.20. The van der Waals surface area contributed by atoms with Crippen LogP contribution in [0.1, 0.15) is 13.8 Å². The highest BCUT2D eigenvalue weighted by molar-refractivity contribution is 4.69. The van der Waals surface area contributed by atoms with E-state index < -0.39 is 0 Å². The van der Waals surface area contributed by atoms with Gasteiger partial charge in [-0.25, -0.2) is 0 Å². The predicted molar refractivity (Wildman–Crippen MR) is 43.5 cm³/mol. The highest BCUT2D eigenvalue weighted by Crippen LogP contribution is 2.04. The Morgan fingerprint density at radius 3 is 3.00 bits per heavy atom. The van der Waals surface area contributed by atoms with E-state index in [1.807, 2.05) is 6.92 Å². The van der Waals surface area contributed by atoms with Crippen LogP contribution >= 0.6 is 0 Å². The van der Waals surface area contributed by atoms with E-state index >= 15 is 0 Å². The van der Waals surface area contributed by atoms with Crippen molar-refractivity contribution in [2.75, 3.05) is 26.2 Å². The van der Waals surface area contributed by atoms with E-state index in [1.54, 1.807) is 0 Å². The highest BCUT2D eigenvalue weighted by atomic mass is 16.5. The van der Waals surface area contributed by atoms with E-state index in [0.29, 0.717) is 6.10 Å². The summed E-state index contributed by atoms with van der Waals surface area (Å²) in [6.45, 7) is 7.36. The molecule has 0 aromatic carbocycles. The Bertz CT molecular complexity index is 115. The summed E-state index contributed by atoms with van der Waals surface area (Å²) in [5, 5.41) is 9.11. The molecule has 1 rings (SSSR count). The lowest BCUT2D eigenvalue weighted by Crippen LogP contribution is -2.43. The second-order valence-corrected chi connectivity index (χ2v) is 3.29. The largest absolute Gasteiger partial charge is 0.392 e. The van der Waals surface area contributed by atoms with Gasteiger partial charge in [-0.1, -0.05) is 0 Å². The molecule has 1 N–H and O–H groups in total. The van der Waals surface area contributed by atoms with E-state index in [1.165, 1.54) is 0 Å². The van der Waals surface area contributed by atoms with Crippen molar-refractivity contribution in [3.63, 3.8) is 0 Å². The van der Waals surface area contributed by atoms with Crippen molar-refractivity contribution in [1.29, 1.82) is 0 Å². The molecule has 11 heavy (non-hydrogen) atoms. The van der Waals surface area contributed by atoms with Gasteiger partial charge in [-0.2, -0.15) is 0 Å². The molecule has 2 atom stereocenters. The van der Waals surface area contributed by atoms with E-state index in [4.69, 9.17) is 9.84 Å². The van der Waals surface area contributed by atoms with Gasteiger partial charge in [-0.05, 0) is 13.8 Å². The minimum Gasteiger partial charge on any atom is -0.392 e. The molecule has 66 valence electrons. The number of aliphatic hydroxyl groups excluding tert-OH is 1. The SMILES string of the molecule is C[C@H](O)CN1CCO[C@H](C)C1. The van der Waals surface area contributed by atoms with Gasteiger partial charge in [0.15, 0.2) is 0 Å². The van der Waals surface area contributed by atoms with Gasteiger partial charge in [0.25, 0.3) is 0 Å². The number of aliphatic hydroxyl groups is 1. The van der Waals surface area contributed by atoms with Gasteiger partial charge >= 0.3 is 0 Å². The monoisotopic (exact) mass is 159 g/mol. The quantitative estimate of drug-likeness (QED) is 0.619. The number of morpholine rings is 1. The Morgan fingerprint density at radius 1 is 1.73 bits per heavy atom. The van der Waals surface area contributed by atoms with Crippen LogP contribution in [-0.4, -0.2) is 48.5 Å². The van der Waals surface area contributed by atoms with Gasteiger partial charge in [0, 0.05) is 19.6 Å². The van der Waals surface area contributed by atoms with E-state index in [2.05, 4.69) is 11.8 Å². The Morgan fingerprint density at radius 2 is 2.45 bits per heavy atom. The molecule has 0 radical (unpaired) electrons. The number of hydrogen-bond acceptors (Lipinski definition) is 3. The van der Waals surface area contributed by atoms with Crippen molar-refractivity contribution in [2.45, 2.75) is 26.1 Å². The number of ether oxygens (including phenoxy) is 1. The maximum Gasteiger partial charge on any atom is 0.0674 e. The Kier molecular flexibility index (Phi) is 3.30. The Hall–Kier alpha value is -0.120. The summed E-state index contributed by atoms with van der Waals surface area (Å²) in [7, 11) is 0. The zero-order chi connectivity index (χ0) is 8.27. The topological polar surface area (TPSA) is 32.7 Å². The van der Waals surface area contributed by atoms with Gasteiger partial charge in [-0.15, -0.1) is 0 Å². The standard InChI is InChI=1S/C8H17NO2/c1-7(10)5-9-3-4-11-8(2)6-9/h7-8,10H,3-6H2,1-2H3/t7-,8+/m0/s1. The zero-order valence-corrected chi connectivity index (χ0v) is 7.29. The summed E-state index contributed by atoms with van der Waals surface area (Å²) < 4.78 is 5.37. The molecular weight excluding hydrogens is 142 g/mol. The van der Waals surface area contributed by atoms with Crippen LogP contribution in [0.3, 0.4) is 0 Å². The van der Waals surface area contributed by atoms with Crippen LogP contribution in [0.2, 0.25) is 0 Å². The molecule has 0 bridgehead atoms. The second-order valence-electron chi connectivity index (χ2n) is 3.29. The predicted octanol–water partition coefficient (Wildman–Crippen LogP) is 0.0879. The summed E-state index contributed by atoms with van der Waals surface area (Å²) in [5.41, 5.74) is 0. The van der Waals surface area contributed by atoms with Gasteiger partial charge < -0.3 is 9.84 Å². The average molecular weight is 159 g/mol. The molecule has 0 saturated carbocycles. The first kappa shape index (κ1) is 8.97. The molecule has 0 amide bonds. The van der Waals surface area contributed by atoms with Crippen LogP contribution < -0.4 is 0 Å². The summed E-state index contributed by atoms with van der Waals surface area (Å²) in [4.78, 5) is 2.23. The van der Waals surface area contributed by atoms with Gasteiger partial charge in [0.05, 0.1) is 18.8 Å². The van der Waals surface area contributed by atoms with Gasteiger partial charge in [-0.3, -0.25) is 4.90 Å². The molecule has 0 aliphatic carbocycles. The maximum atomic E-state index is 9.11. The molecule has 0 aromatic heterocycles. The highest BCUT2D eigenvalue weighted by Gasteiger charge is 2.17. The molecule has 1 aliphatic heterocycles. The summed E-state index contributed by atoms with van der Waals surface area (Å²) in [6.07, 6.45) is 0.0998. The molecular formula is C8H17NO2. The first-order valence-electron chi connectivity index (χ1n) is 4.20. The summed E-state index contributed by atoms with van der Waals surface area (Å²) in [6, 6.07) is 0. The van der Waals surface area contributed by atoms with E-state index in [0.717, 1.165) is 26.2 Å². The van der Waals surface area contributed by atoms with Crippen molar-refractivity contribution < 1.29 is 9.84 Å². The van der Waals surface area contributed by atoms with Crippen LogP contribution in [0, 0.1) is 0 Å². The zero-order valence-electron chi connectivity index (χ0n) is 7.29. The molecule has 1 heterocycles. The fraction of sp³-hybridized carbons (Fsp3) is 1.00. The van der Waals surface area contributed by atoms with Crippen molar-refractivity contribution in [3.8, 4) is 0 Å². The molecule has 1 fully saturated rings.